The lowest BCUT2D eigenvalue weighted by molar-refractivity contribution is -0.142. The zero-order valence-electron chi connectivity index (χ0n) is 33.5. The fraction of sp³-hybridized carbons (Fsp3) is 0.535. The number of piperazine rings is 1. The molecule has 14 heteroatoms. The first-order valence-corrected chi connectivity index (χ1v) is 21.1. The molecule has 13 nitrogen and oxygen atoms in total. The molecule has 1 aromatic heterocycles. The van der Waals surface area contributed by atoms with Gasteiger partial charge in [-0.05, 0) is 56.6 Å². The molecule has 3 aliphatic rings. The van der Waals surface area contributed by atoms with Crippen LogP contribution in [0.3, 0.4) is 0 Å². The van der Waals surface area contributed by atoms with Crippen LogP contribution in [0.15, 0.2) is 66.0 Å². The Bertz CT molecular complexity index is 1850. The molecule has 0 saturated carbocycles. The molecule has 6 rings (SSSR count). The van der Waals surface area contributed by atoms with Crippen LogP contribution in [0.1, 0.15) is 68.8 Å². The number of rotatable bonds is 19. The number of Topliss-reactive ketones (excluding diaryl/α,β-unsaturated/α-hetero) is 1. The predicted molar refractivity (Wildman–Crippen MR) is 218 cm³/mol. The van der Waals surface area contributed by atoms with E-state index in [0.29, 0.717) is 31.6 Å². The third-order valence-electron chi connectivity index (χ3n) is 11.0. The molecule has 3 saturated heterocycles. The smallest absolute Gasteiger partial charge is 0.246 e. The van der Waals surface area contributed by atoms with Crippen molar-refractivity contribution in [2.75, 3.05) is 32.8 Å². The van der Waals surface area contributed by atoms with Crippen molar-refractivity contribution in [1.82, 2.24) is 36.1 Å². The van der Waals surface area contributed by atoms with Crippen LogP contribution in [0.25, 0.3) is 0 Å². The van der Waals surface area contributed by atoms with Crippen molar-refractivity contribution in [2.24, 2.45) is 5.92 Å². The van der Waals surface area contributed by atoms with E-state index in [-0.39, 0.29) is 42.8 Å². The number of hydrogen-bond acceptors (Lipinski definition) is 10. The lowest BCUT2D eigenvalue weighted by atomic mass is 9.92. The maximum Gasteiger partial charge on any atom is 0.246 e. The highest BCUT2D eigenvalue weighted by Gasteiger charge is 2.51. The predicted octanol–water partition coefficient (Wildman–Crippen LogP) is 2.81. The molecule has 2 unspecified atom stereocenters. The monoisotopic (exact) mass is 799 g/mol. The van der Waals surface area contributed by atoms with E-state index in [2.05, 4.69) is 26.2 Å². The number of epoxide rings is 1. The van der Waals surface area contributed by atoms with E-state index in [9.17, 15) is 24.0 Å². The normalized spacial score (nSPS) is 22.5. The van der Waals surface area contributed by atoms with E-state index in [1.165, 1.54) is 11.3 Å². The number of carbonyl (C=O) groups is 5. The van der Waals surface area contributed by atoms with Crippen molar-refractivity contribution in [3.63, 3.8) is 0 Å². The van der Waals surface area contributed by atoms with Gasteiger partial charge in [0.05, 0.1) is 31.3 Å². The van der Waals surface area contributed by atoms with E-state index in [0.717, 1.165) is 48.9 Å². The summed E-state index contributed by atoms with van der Waals surface area (Å²) in [5.41, 5.74) is 1.60. The fourth-order valence-corrected chi connectivity index (χ4v) is 8.58. The van der Waals surface area contributed by atoms with Gasteiger partial charge in [-0.25, -0.2) is 4.98 Å². The summed E-state index contributed by atoms with van der Waals surface area (Å²) in [6.07, 6.45) is 1.81. The molecular formula is C43H57N7O6S. The molecule has 3 aliphatic heterocycles. The number of amides is 4. The molecule has 2 aromatic carbocycles. The molecule has 0 aliphatic carbocycles. The Morgan fingerprint density at radius 3 is 2.28 bits per heavy atom. The molecule has 0 spiro atoms. The lowest BCUT2D eigenvalue weighted by Gasteiger charge is -2.33. The van der Waals surface area contributed by atoms with Gasteiger partial charge < -0.3 is 30.9 Å². The van der Waals surface area contributed by atoms with Crippen LogP contribution in [0.2, 0.25) is 0 Å². The molecule has 3 aromatic rings. The summed E-state index contributed by atoms with van der Waals surface area (Å²) < 4.78 is 5.45. The highest BCUT2D eigenvalue weighted by molar-refractivity contribution is 7.09. The number of ether oxygens (including phenoxy) is 1. The number of benzene rings is 2. The van der Waals surface area contributed by atoms with Gasteiger partial charge in [-0.15, -0.1) is 11.3 Å². The van der Waals surface area contributed by atoms with Crippen LogP contribution >= 0.6 is 11.3 Å². The zero-order valence-corrected chi connectivity index (χ0v) is 34.3. The summed E-state index contributed by atoms with van der Waals surface area (Å²) >= 11 is 1.53. The number of likely N-dealkylation sites (tertiary alicyclic amines) is 1. The van der Waals surface area contributed by atoms with Gasteiger partial charge in [0, 0.05) is 44.0 Å². The summed E-state index contributed by atoms with van der Waals surface area (Å²) in [6.45, 7) is 12.4. The van der Waals surface area contributed by atoms with E-state index < -0.39 is 47.6 Å². The van der Waals surface area contributed by atoms with E-state index in [1.807, 2.05) is 86.8 Å². The Hall–Kier alpha value is -4.50. The molecule has 306 valence electrons. The number of hydrogen-bond donors (Lipinski definition) is 4. The maximum atomic E-state index is 14.3. The fourth-order valence-electron chi connectivity index (χ4n) is 7.75. The van der Waals surface area contributed by atoms with Crippen molar-refractivity contribution < 1.29 is 28.7 Å². The summed E-state index contributed by atoms with van der Waals surface area (Å²) in [5, 5.41) is 15.1. The average molecular weight is 800 g/mol. The Labute approximate surface area is 339 Å². The summed E-state index contributed by atoms with van der Waals surface area (Å²) in [7, 11) is 0. The first kappa shape index (κ1) is 42.1. The summed E-state index contributed by atoms with van der Waals surface area (Å²) in [5.74, 6) is -1.66. The molecule has 3 fully saturated rings. The topological polar surface area (TPSA) is 165 Å². The minimum atomic E-state index is -0.935. The van der Waals surface area contributed by atoms with Crippen molar-refractivity contribution in [1.29, 1.82) is 0 Å². The average Bonchev–Trinajstić information content (AvgIpc) is 3.70. The molecular weight excluding hydrogens is 743 g/mol. The van der Waals surface area contributed by atoms with E-state index >= 15 is 0 Å². The van der Waals surface area contributed by atoms with Crippen molar-refractivity contribution >= 4 is 40.7 Å². The van der Waals surface area contributed by atoms with E-state index in [4.69, 9.17) is 9.72 Å². The second-order valence-corrected chi connectivity index (χ2v) is 17.2. The number of aromatic nitrogens is 1. The Morgan fingerprint density at radius 1 is 0.965 bits per heavy atom. The number of nitrogens with one attached hydrogen (secondary N) is 4. The molecule has 4 heterocycles. The first-order chi connectivity index (χ1) is 27.4. The van der Waals surface area contributed by atoms with Crippen LogP contribution in [-0.2, 0) is 54.5 Å². The minimum absolute atomic E-state index is 0.0300. The zero-order chi connectivity index (χ0) is 40.5. The van der Waals surface area contributed by atoms with Gasteiger partial charge >= 0.3 is 0 Å². The second kappa shape index (κ2) is 19.3. The summed E-state index contributed by atoms with van der Waals surface area (Å²) in [4.78, 5) is 78.1. The lowest BCUT2D eigenvalue weighted by Crippen LogP contribution is -2.57. The molecule has 57 heavy (non-hydrogen) atoms. The van der Waals surface area contributed by atoms with Crippen LogP contribution < -0.4 is 21.3 Å². The third kappa shape index (κ3) is 11.6. The Morgan fingerprint density at radius 2 is 1.63 bits per heavy atom. The number of nitrogens with zero attached hydrogens (tertiary/aromatic N) is 3. The standard InChI is InChI=1S/C43H57N7O6S/c1-28(2)21-34(39(52)43(4)27-56-43)47-41(54)36(23-31-13-9-6-10-14-31)50-29(3)22-35(42(50)55)48-40(53)33(16-15-30-11-7-5-8-12-30)46-37(51)24-32-26-57-38(45-32)25-49-19-17-44-18-20-49/h5-14,26,28-29,33-36,44H,15-25,27H2,1-4H3,(H,46,51)(H,47,54)(H,48,53)/t29?,33-,34-,35-,36-,43?/m0/s1. The van der Waals surface area contributed by atoms with Gasteiger partial charge in [0.2, 0.25) is 23.6 Å². The van der Waals surface area contributed by atoms with Gasteiger partial charge in [-0.2, -0.15) is 0 Å². The van der Waals surface area contributed by atoms with Gasteiger partial charge in [-0.3, -0.25) is 28.9 Å². The van der Waals surface area contributed by atoms with Crippen molar-refractivity contribution in [3.05, 3.63) is 87.9 Å². The quantitative estimate of drug-likeness (QED) is 0.134. The van der Waals surface area contributed by atoms with Crippen LogP contribution in [0.4, 0.5) is 0 Å². The molecule has 0 radical (unpaired) electrons. The number of ketones is 1. The maximum absolute atomic E-state index is 14.3. The van der Waals surface area contributed by atoms with Gasteiger partial charge in [-0.1, -0.05) is 74.5 Å². The third-order valence-corrected chi connectivity index (χ3v) is 11.9. The van der Waals surface area contributed by atoms with Gasteiger partial charge in [0.25, 0.3) is 0 Å². The highest BCUT2D eigenvalue weighted by Crippen LogP contribution is 2.30. The van der Waals surface area contributed by atoms with Crippen LogP contribution in [0, 0.1) is 5.92 Å². The molecule has 4 amide bonds. The van der Waals surface area contributed by atoms with Gasteiger partial charge in [0.1, 0.15) is 28.7 Å². The van der Waals surface area contributed by atoms with Crippen molar-refractivity contribution in [3.8, 4) is 0 Å². The van der Waals surface area contributed by atoms with Crippen LogP contribution in [0.5, 0.6) is 0 Å². The molecule has 6 atom stereocenters. The molecule has 0 bridgehead atoms. The number of aryl methyl sites for hydroxylation is 1. The van der Waals surface area contributed by atoms with Gasteiger partial charge in [0.15, 0.2) is 5.78 Å². The minimum Gasteiger partial charge on any atom is -0.361 e. The largest absolute Gasteiger partial charge is 0.361 e. The second-order valence-electron chi connectivity index (χ2n) is 16.3. The number of thiazole rings is 1. The van der Waals surface area contributed by atoms with Crippen LogP contribution in [-0.4, -0.2) is 113 Å². The molecule has 4 N–H and O–H groups in total. The first-order valence-electron chi connectivity index (χ1n) is 20.2. The van der Waals surface area contributed by atoms with Crippen molar-refractivity contribution in [2.45, 2.75) is 109 Å². The SMILES string of the molecule is CC(C)C[C@H](NC(=O)[C@H](Cc1ccccc1)N1C(=O)[C@@H](NC(=O)[C@H](CCc2ccccc2)NC(=O)Cc2csc(CN3CCNCC3)n2)CC1C)C(=O)C1(C)CO1. The number of carbonyl (C=O) groups excluding carboxylic acids is 5. The summed E-state index contributed by atoms with van der Waals surface area (Å²) in [6, 6.07) is 15.2. The Balaban J connectivity index is 1.15. The Kier molecular flexibility index (Phi) is 14.3. The highest BCUT2D eigenvalue weighted by atomic mass is 32.1. The van der Waals surface area contributed by atoms with E-state index in [1.54, 1.807) is 11.8 Å².